The highest BCUT2D eigenvalue weighted by Crippen LogP contribution is 2.20. The lowest BCUT2D eigenvalue weighted by atomic mass is 10.1. The molecule has 0 saturated carbocycles. The van der Waals surface area contributed by atoms with Crippen molar-refractivity contribution >= 4 is 12.0 Å². The molecule has 1 aliphatic rings. The molecule has 0 aliphatic carbocycles. The van der Waals surface area contributed by atoms with Gasteiger partial charge in [-0.15, -0.1) is 0 Å². The number of rotatable bonds is 2. The zero-order valence-corrected chi connectivity index (χ0v) is 8.99. The maximum absolute atomic E-state index is 10.6. The molecule has 3 heteroatoms. The van der Waals surface area contributed by atoms with E-state index in [4.69, 9.17) is 0 Å². The maximum Gasteiger partial charge on any atom is 0.150 e. The zero-order valence-electron chi connectivity index (χ0n) is 8.99. The van der Waals surface area contributed by atoms with E-state index in [1.165, 1.54) is 11.3 Å². The number of nitrogens with zero attached hydrogens (tertiary/aromatic N) is 1. The third-order valence-corrected chi connectivity index (χ3v) is 2.81. The summed E-state index contributed by atoms with van der Waals surface area (Å²) in [4.78, 5) is 13.0. The molecule has 0 aromatic heterocycles. The molecule has 1 saturated heterocycles. The molecule has 0 amide bonds. The molecule has 0 atom stereocenters. The molecule has 2 rings (SSSR count). The van der Waals surface area contributed by atoms with Crippen molar-refractivity contribution in [3.8, 4) is 0 Å². The molecular weight excluding hydrogens is 188 g/mol. The van der Waals surface area contributed by atoms with Gasteiger partial charge in [0, 0.05) is 37.4 Å². The summed E-state index contributed by atoms with van der Waals surface area (Å²) in [5.41, 5.74) is 3.19. The molecule has 1 N–H and O–H groups in total. The second kappa shape index (κ2) is 4.45. The first-order valence-electron chi connectivity index (χ1n) is 5.33. The standard InChI is InChI=1S/C12H16N2O/c1-10-8-11(9-15)2-3-12(10)14-6-4-13-5-7-14/h2-3,8-9,13H,4-7H2,1H3. The lowest BCUT2D eigenvalue weighted by Crippen LogP contribution is -2.43. The Bertz CT molecular complexity index is 357. The van der Waals surface area contributed by atoms with Crippen LogP contribution >= 0.6 is 0 Å². The molecule has 0 bridgehead atoms. The van der Waals surface area contributed by atoms with Crippen molar-refractivity contribution in [3.63, 3.8) is 0 Å². The van der Waals surface area contributed by atoms with E-state index in [0.29, 0.717) is 0 Å². The molecule has 80 valence electrons. The largest absolute Gasteiger partial charge is 0.369 e. The predicted octanol–water partition coefficient (Wildman–Crippen LogP) is 1.22. The average molecular weight is 204 g/mol. The molecule has 3 nitrogen and oxygen atoms in total. The number of benzene rings is 1. The van der Waals surface area contributed by atoms with Gasteiger partial charge in [0.05, 0.1) is 0 Å². The van der Waals surface area contributed by atoms with Crippen molar-refractivity contribution in [3.05, 3.63) is 29.3 Å². The fourth-order valence-electron chi connectivity index (χ4n) is 2.01. The highest BCUT2D eigenvalue weighted by molar-refractivity contribution is 5.77. The van der Waals surface area contributed by atoms with Gasteiger partial charge in [0.2, 0.25) is 0 Å². The number of nitrogens with one attached hydrogen (secondary N) is 1. The van der Waals surface area contributed by atoms with Crippen molar-refractivity contribution < 1.29 is 4.79 Å². The summed E-state index contributed by atoms with van der Waals surface area (Å²) in [6.45, 7) is 6.22. The van der Waals surface area contributed by atoms with E-state index in [1.807, 2.05) is 18.2 Å². The summed E-state index contributed by atoms with van der Waals surface area (Å²) in [5, 5.41) is 3.33. The average Bonchev–Trinajstić information content (AvgIpc) is 2.30. The minimum atomic E-state index is 0.756. The van der Waals surface area contributed by atoms with E-state index in [0.717, 1.165) is 38.0 Å². The summed E-state index contributed by atoms with van der Waals surface area (Å²) >= 11 is 0. The van der Waals surface area contributed by atoms with Crippen LogP contribution in [0.5, 0.6) is 0 Å². The number of hydrogen-bond acceptors (Lipinski definition) is 3. The highest BCUT2D eigenvalue weighted by atomic mass is 16.1. The lowest BCUT2D eigenvalue weighted by molar-refractivity contribution is 0.112. The highest BCUT2D eigenvalue weighted by Gasteiger charge is 2.12. The predicted molar refractivity (Wildman–Crippen MR) is 61.6 cm³/mol. The van der Waals surface area contributed by atoms with Gasteiger partial charge in [-0.25, -0.2) is 0 Å². The molecule has 1 heterocycles. The normalized spacial score (nSPS) is 16.5. The summed E-state index contributed by atoms with van der Waals surface area (Å²) in [6.07, 6.45) is 0.897. The van der Waals surface area contributed by atoms with Gasteiger partial charge in [0.15, 0.2) is 0 Å². The van der Waals surface area contributed by atoms with E-state index < -0.39 is 0 Å². The first-order valence-corrected chi connectivity index (χ1v) is 5.33. The third kappa shape index (κ3) is 2.18. The second-order valence-electron chi connectivity index (χ2n) is 3.90. The second-order valence-corrected chi connectivity index (χ2v) is 3.90. The van der Waals surface area contributed by atoms with Crippen LogP contribution in [-0.4, -0.2) is 32.5 Å². The van der Waals surface area contributed by atoms with Crippen LogP contribution in [0.3, 0.4) is 0 Å². The molecule has 1 fully saturated rings. The van der Waals surface area contributed by atoms with Crippen molar-refractivity contribution in [1.82, 2.24) is 5.32 Å². The Hall–Kier alpha value is -1.35. The molecule has 1 aliphatic heterocycles. The van der Waals surface area contributed by atoms with Crippen molar-refractivity contribution in [2.75, 3.05) is 31.1 Å². The number of aryl methyl sites for hydroxylation is 1. The summed E-state index contributed by atoms with van der Waals surface area (Å²) in [6, 6.07) is 5.88. The van der Waals surface area contributed by atoms with Gasteiger partial charge in [0.1, 0.15) is 6.29 Å². The minimum absolute atomic E-state index is 0.756. The van der Waals surface area contributed by atoms with Crippen molar-refractivity contribution in [2.24, 2.45) is 0 Å². The Morgan fingerprint density at radius 1 is 1.33 bits per heavy atom. The molecule has 0 spiro atoms. The number of carbonyl (C=O) groups is 1. The summed E-state index contributed by atoms with van der Waals surface area (Å²) in [5.74, 6) is 0. The van der Waals surface area contributed by atoms with Gasteiger partial charge < -0.3 is 10.2 Å². The number of aldehydes is 1. The minimum Gasteiger partial charge on any atom is -0.369 e. The van der Waals surface area contributed by atoms with Gasteiger partial charge in [-0.2, -0.15) is 0 Å². The monoisotopic (exact) mass is 204 g/mol. The van der Waals surface area contributed by atoms with Gasteiger partial charge >= 0.3 is 0 Å². The summed E-state index contributed by atoms with van der Waals surface area (Å²) < 4.78 is 0. The number of carbonyl (C=O) groups excluding carboxylic acids is 1. The van der Waals surface area contributed by atoms with Crippen LogP contribution in [0.15, 0.2) is 18.2 Å². The van der Waals surface area contributed by atoms with Crippen LogP contribution in [0, 0.1) is 6.92 Å². The number of piperazine rings is 1. The van der Waals surface area contributed by atoms with Gasteiger partial charge in [-0.3, -0.25) is 4.79 Å². The molecule has 15 heavy (non-hydrogen) atoms. The molecule has 1 aromatic rings. The van der Waals surface area contributed by atoms with Crippen LogP contribution in [-0.2, 0) is 0 Å². The fourth-order valence-corrected chi connectivity index (χ4v) is 2.01. The van der Waals surface area contributed by atoms with Crippen LogP contribution < -0.4 is 10.2 Å². The molecular formula is C12H16N2O. The SMILES string of the molecule is Cc1cc(C=O)ccc1N1CCNCC1. The van der Waals surface area contributed by atoms with E-state index in [2.05, 4.69) is 17.1 Å². The Kier molecular flexibility index (Phi) is 3.02. The van der Waals surface area contributed by atoms with Crippen LogP contribution in [0.4, 0.5) is 5.69 Å². The van der Waals surface area contributed by atoms with E-state index in [-0.39, 0.29) is 0 Å². The fraction of sp³-hybridized carbons (Fsp3) is 0.417. The van der Waals surface area contributed by atoms with E-state index in [1.54, 1.807) is 0 Å². The Morgan fingerprint density at radius 3 is 2.67 bits per heavy atom. The van der Waals surface area contributed by atoms with Crippen molar-refractivity contribution in [2.45, 2.75) is 6.92 Å². The number of anilines is 1. The van der Waals surface area contributed by atoms with E-state index in [9.17, 15) is 4.79 Å². The quantitative estimate of drug-likeness (QED) is 0.735. The Morgan fingerprint density at radius 2 is 2.07 bits per heavy atom. The van der Waals surface area contributed by atoms with Crippen LogP contribution in [0.25, 0.3) is 0 Å². The Labute approximate surface area is 90.1 Å². The lowest BCUT2D eigenvalue weighted by Gasteiger charge is -2.30. The molecule has 0 radical (unpaired) electrons. The topological polar surface area (TPSA) is 32.3 Å². The van der Waals surface area contributed by atoms with Crippen LogP contribution in [0.1, 0.15) is 15.9 Å². The third-order valence-electron chi connectivity index (χ3n) is 2.81. The smallest absolute Gasteiger partial charge is 0.150 e. The summed E-state index contributed by atoms with van der Waals surface area (Å²) in [7, 11) is 0. The van der Waals surface area contributed by atoms with Gasteiger partial charge in [-0.1, -0.05) is 0 Å². The van der Waals surface area contributed by atoms with Gasteiger partial charge in [-0.05, 0) is 30.7 Å². The molecule has 1 aromatic carbocycles. The van der Waals surface area contributed by atoms with Crippen molar-refractivity contribution in [1.29, 1.82) is 0 Å². The first-order chi connectivity index (χ1) is 7.31. The first kappa shape index (κ1) is 10.2. The number of hydrogen-bond donors (Lipinski definition) is 1. The molecule has 0 unspecified atom stereocenters. The maximum atomic E-state index is 10.6. The van der Waals surface area contributed by atoms with E-state index >= 15 is 0 Å². The van der Waals surface area contributed by atoms with Crippen LogP contribution in [0.2, 0.25) is 0 Å². The van der Waals surface area contributed by atoms with Gasteiger partial charge in [0.25, 0.3) is 0 Å². The Balaban J connectivity index is 2.23. The zero-order chi connectivity index (χ0) is 10.7.